The minimum absolute atomic E-state index is 0.170. The van der Waals surface area contributed by atoms with E-state index in [0.717, 1.165) is 13.0 Å². The molecule has 1 aliphatic carbocycles. The van der Waals surface area contributed by atoms with Gasteiger partial charge in [-0.25, -0.2) is 0 Å². The maximum atomic E-state index is 6.38. The Kier molecular flexibility index (Phi) is 3.94. The van der Waals surface area contributed by atoms with Gasteiger partial charge in [-0.2, -0.15) is 0 Å². The fourth-order valence-electron chi connectivity index (χ4n) is 3.58. The summed E-state index contributed by atoms with van der Waals surface area (Å²) in [5, 5.41) is 3.27. The molecule has 1 heterocycles. The monoisotopic (exact) mass is 237 g/mol. The van der Waals surface area contributed by atoms with Crippen LogP contribution in [0.5, 0.6) is 0 Å². The predicted molar refractivity (Wildman–Crippen MR) is 72.2 cm³/mol. The van der Waals surface area contributed by atoms with Crippen LogP contribution in [0.4, 0.5) is 0 Å². The summed E-state index contributed by atoms with van der Waals surface area (Å²) >= 11 is 0. The summed E-state index contributed by atoms with van der Waals surface area (Å²) in [6.07, 6.45) is 11.5. The molecule has 1 aliphatic heterocycles. The van der Waals surface area contributed by atoms with Crippen LogP contribution in [0.3, 0.4) is 0 Å². The average Bonchev–Trinajstić information content (AvgIpc) is 2.91. The number of ether oxygens (including phenoxy) is 1. The van der Waals surface area contributed by atoms with E-state index in [1.165, 1.54) is 38.5 Å². The first-order chi connectivity index (χ1) is 8.11. The van der Waals surface area contributed by atoms with Crippen molar-refractivity contribution in [3.05, 3.63) is 12.7 Å². The highest BCUT2D eigenvalue weighted by atomic mass is 16.5. The van der Waals surface area contributed by atoms with Gasteiger partial charge in [-0.1, -0.05) is 25.8 Å². The van der Waals surface area contributed by atoms with Crippen LogP contribution < -0.4 is 5.32 Å². The Balaban J connectivity index is 1.90. The van der Waals surface area contributed by atoms with E-state index in [1.807, 2.05) is 7.05 Å². The van der Waals surface area contributed by atoms with Crippen molar-refractivity contribution in [1.29, 1.82) is 0 Å². The molecule has 1 spiro atoms. The lowest BCUT2D eigenvalue weighted by atomic mass is 9.83. The molecule has 2 atom stereocenters. The van der Waals surface area contributed by atoms with E-state index in [-0.39, 0.29) is 11.0 Å². The lowest BCUT2D eigenvalue weighted by molar-refractivity contribution is -0.0478. The van der Waals surface area contributed by atoms with Crippen molar-refractivity contribution in [2.24, 2.45) is 5.41 Å². The minimum Gasteiger partial charge on any atom is -0.372 e. The fraction of sp³-hybridized carbons (Fsp3) is 0.867. The van der Waals surface area contributed by atoms with Crippen LogP contribution in [0, 0.1) is 5.41 Å². The van der Waals surface area contributed by atoms with Crippen molar-refractivity contribution in [3.8, 4) is 0 Å². The molecular formula is C15H27NO. The second-order valence-corrected chi connectivity index (χ2v) is 6.26. The van der Waals surface area contributed by atoms with Gasteiger partial charge in [0.15, 0.2) is 0 Å². The standard InChI is InChI=1S/C15H27NO/c1-4-14(2,12-16-3)11-13-7-10-15(17-13)8-5-6-9-15/h4,13,16H,1,5-12H2,2-3H3. The van der Waals surface area contributed by atoms with Gasteiger partial charge in [-0.05, 0) is 39.2 Å². The molecule has 0 radical (unpaired) electrons. The first-order valence-corrected chi connectivity index (χ1v) is 7.07. The van der Waals surface area contributed by atoms with E-state index in [0.29, 0.717) is 6.10 Å². The van der Waals surface area contributed by atoms with Crippen LogP contribution in [0.2, 0.25) is 0 Å². The largest absolute Gasteiger partial charge is 0.372 e. The molecule has 2 fully saturated rings. The van der Waals surface area contributed by atoms with Crippen molar-refractivity contribution in [2.75, 3.05) is 13.6 Å². The number of rotatable bonds is 5. The zero-order valence-corrected chi connectivity index (χ0v) is 11.4. The molecular weight excluding hydrogens is 210 g/mol. The molecule has 0 aromatic rings. The molecule has 17 heavy (non-hydrogen) atoms. The SMILES string of the molecule is C=CC(C)(CNC)CC1CCC2(CCCC2)O1. The summed E-state index contributed by atoms with van der Waals surface area (Å²) in [4.78, 5) is 0. The number of hydrogen-bond donors (Lipinski definition) is 1. The Morgan fingerprint density at radius 1 is 1.41 bits per heavy atom. The molecule has 1 saturated carbocycles. The van der Waals surface area contributed by atoms with Crippen LogP contribution in [0.25, 0.3) is 0 Å². The highest BCUT2D eigenvalue weighted by molar-refractivity contribution is 4.99. The maximum Gasteiger partial charge on any atom is 0.0687 e. The first-order valence-electron chi connectivity index (χ1n) is 7.07. The van der Waals surface area contributed by atoms with Crippen molar-refractivity contribution in [3.63, 3.8) is 0 Å². The Morgan fingerprint density at radius 3 is 2.71 bits per heavy atom. The van der Waals surface area contributed by atoms with Crippen molar-refractivity contribution in [2.45, 2.75) is 63.6 Å². The van der Waals surface area contributed by atoms with Gasteiger partial charge in [0.25, 0.3) is 0 Å². The van der Waals surface area contributed by atoms with Gasteiger partial charge in [0.05, 0.1) is 11.7 Å². The Bertz CT molecular complexity index is 270. The van der Waals surface area contributed by atoms with Gasteiger partial charge in [0.2, 0.25) is 0 Å². The molecule has 0 aromatic carbocycles. The van der Waals surface area contributed by atoms with Gasteiger partial charge in [-0.3, -0.25) is 0 Å². The van der Waals surface area contributed by atoms with E-state index >= 15 is 0 Å². The Hall–Kier alpha value is -0.340. The van der Waals surface area contributed by atoms with E-state index in [2.05, 4.69) is 24.9 Å². The molecule has 1 N–H and O–H groups in total. The van der Waals surface area contributed by atoms with Crippen LogP contribution in [0.15, 0.2) is 12.7 Å². The summed E-state index contributed by atoms with van der Waals surface area (Å²) in [5.74, 6) is 0. The molecule has 2 unspecified atom stereocenters. The second kappa shape index (κ2) is 5.11. The van der Waals surface area contributed by atoms with Crippen molar-refractivity contribution >= 4 is 0 Å². The van der Waals surface area contributed by atoms with Gasteiger partial charge in [-0.15, -0.1) is 6.58 Å². The summed E-state index contributed by atoms with van der Waals surface area (Å²) < 4.78 is 6.38. The minimum atomic E-state index is 0.170. The topological polar surface area (TPSA) is 21.3 Å². The van der Waals surface area contributed by atoms with Crippen LogP contribution in [0.1, 0.15) is 51.9 Å². The summed E-state index contributed by atoms with van der Waals surface area (Å²) in [7, 11) is 2.01. The van der Waals surface area contributed by atoms with Crippen LogP contribution in [-0.4, -0.2) is 25.3 Å². The number of hydrogen-bond acceptors (Lipinski definition) is 2. The lowest BCUT2D eigenvalue weighted by Gasteiger charge is -2.30. The number of nitrogens with one attached hydrogen (secondary N) is 1. The van der Waals surface area contributed by atoms with Gasteiger partial charge < -0.3 is 10.1 Å². The average molecular weight is 237 g/mol. The summed E-state index contributed by atoms with van der Waals surface area (Å²) in [6.45, 7) is 7.25. The van der Waals surface area contributed by atoms with Crippen molar-refractivity contribution < 1.29 is 4.74 Å². The third-order valence-electron chi connectivity index (χ3n) is 4.62. The third-order valence-corrected chi connectivity index (χ3v) is 4.62. The summed E-state index contributed by atoms with van der Waals surface area (Å²) in [5.41, 5.74) is 0.440. The zero-order chi connectivity index (χ0) is 12.4. The van der Waals surface area contributed by atoms with E-state index in [1.54, 1.807) is 0 Å². The normalized spacial score (nSPS) is 30.6. The molecule has 0 bridgehead atoms. The highest BCUT2D eigenvalue weighted by Gasteiger charge is 2.43. The third kappa shape index (κ3) is 2.92. The van der Waals surface area contributed by atoms with E-state index < -0.39 is 0 Å². The molecule has 2 rings (SSSR count). The molecule has 98 valence electrons. The quantitative estimate of drug-likeness (QED) is 0.741. The molecule has 0 amide bonds. The molecule has 2 nitrogen and oxygen atoms in total. The molecule has 2 aliphatic rings. The smallest absolute Gasteiger partial charge is 0.0687 e. The summed E-state index contributed by atoms with van der Waals surface area (Å²) in [6, 6.07) is 0. The second-order valence-electron chi connectivity index (χ2n) is 6.26. The molecule has 0 aromatic heterocycles. The maximum absolute atomic E-state index is 6.38. The van der Waals surface area contributed by atoms with Crippen LogP contribution >= 0.6 is 0 Å². The van der Waals surface area contributed by atoms with Gasteiger partial charge >= 0.3 is 0 Å². The van der Waals surface area contributed by atoms with Gasteiger partial charge in [0, 0.05) is 12.0 Å². The Morgan fingerprint density at radius 2 is 2.12 bits per heavy atom. The van der Waals surface area contributed by atoms with E-state index in [9.17, 15) is 0 Å². The van der Waals surface area contributed by atoms with Crippen molar-refractivity contribution in [1.82, 2.24) is 5.32 Å². The molecule has 1 saturated heterocycles. The Labute approximate surface area is 106 Å². The molecule has 2 heteroatoms. The zero-order valence-electron chi connectivity index (χ0n) is 11.4. The predicted octanol–water partition coefficient (Wildman–Crippen LogP) is 3.28. The van der Waals surface area contributed by atoms with E-state index in [4.69, 9.17) is 4.74 Å². The highest BCUT2D eigenvalue weighted by Crippen LogP contribution is 2.45. The van der Waals surface area contributed by atoms with Gasteiger partial charge in [0.1, 0.15) is 0 Å². The lowest BCUT2D eigenvalue weighted by Crippen LogP contribution is -2.33. The fourth-order valence-corrected chi connectivity index (χ4v) is 3.58. The van der Waals surface area contributed by atoms with Crippen LogP contribution in [-0.2, 0) is 4.74 Å². The first kappa shape index (κ1) is 13.1.